The number of nitrogens with one attached hydrogen (secondary N) is 1. The normalized spacial score (nSPS) is 12.5. The molecule has 0 spiro atoms. The summed E-state index contributed by atoms with van der Waals surface area (Å²) in [5.74, 6) is -1.77. The van der Waals surface area contributed by atoms with Crippen LogP contribution in [0.15, 0.2) is 34.8 Å². The quantitative estimate of drug-likeness (QED) is 0.822. The highest BCUT2D eigenvalue weighted by molar-refractivity contribution is 9.10. The van der Waals surface area contributed by atoms with Gasteiger partial charge < -0.3 is 5.32 Å². The number of rotatable bonds is 4. The monoisotopic (exact) mass is 357 g/mol. The van der Waals surface area contributed by atoms with E-state index in [1.165, 1.54) is 24.3 Å². The highest BCUT2D eigenvalue weighted by atomic mass is 79.9. The lowest BCUT2D eigenvalue weighted by Gasteiger charge is -2.22. The van der Waals surface area contributed by atoms with Crippen molar-refractivity contribution in [2.45, 2.75) is 19.9 Å². The van der Waals surface area contributed by atoms with Crippen molar-refractivity contribution in [2.75, 3.05) is 6.54 Å². The maximum absolute atomic E-state index is 14.2. The molecule has 0 aliphatic carbocycles. The van der Waals surface area contributed by atoms with E-state index in [2.05, 4.69) is 21.2 Å². The number of halogens is 4. The van der Waals surface area contributed by atoms with E-state index in [1.54, 1.807) is 13.0 Å². The number of benzene rings is 2. The second-order valence-corrected chi connectivity index (χ2v) is 5.69. The zero-order valence-electron chi connectivity index (χ0n) is 11.7. The zero-order chi connectivity index (χ0) is 15.6. The van der Waals surface area contributed by atoms with Gasteiger partial charge in [0.2, 0.25) is 0 Å². The van der Waals surface area contributed by atoms with Crippen molar-refractivity contribution in [2.24, 2.45) is 0 Å². The van der Waals surface area contributed by atoms with Crippen molar-refractivity contribution in [3.05, 3.63) is 68.9 Å². The molecule has 2 aromatic rings. The van der Waals surface area contributed by atoms with Crippen LogP contribution in [0.25, 0.3) is 0 Å². The summed E-state index contributed by atoms with van der Waals surface area (Å²) in [7, 11) is 0. The summed E-state index contributed by atoms with van der Waals surface area (Å²) in [6.07, 6.45) is 0. The third-order valence-electron chi connectivity index (χ3n) is 3.29. The molecule has 0 saturated carbocycles. The Morgan fingerprint density at radius 2 is 1.71 bits per heavy atom. The van der Waals surface area contributed by atoms with Crippen LogP contribution in [0.2, 0.25) is 0 Å². The first-order valence-electron chi connectivity index (χ1n) is 6.58. The fourth-order valence-electron chi connectivity index (χ4n) is 2.32. The van der Waals surface area contributed by atoms with Crippen LogP contribution < -0.4 is 5.32 Å². The topological polar surface area (TPSA) is 12.0 Å². The van der Waals surface area contributed by atoms with Gasteiger partial charge in [0.25, 0.3) is 0 Å². The van der Waals surface area contributed by atoms with Crippen LogP contribution in [-0.4, -0.2) is 6.54 Å². The van der Waals surface area contributed by atoms with Gasteiger partial charge in [0.15, 0.2) is 0 Å². The van der Waals surface area contributed by atoms with Gasteiger partial charge in [-0.2, -0.15) is 0 Å². The van der Waals surface area contributed by atoms with Crippen molar-refractivity contribution in [3.63, 3.8) is 0 Å². The first-order valence-corrected chi connectivity index (χ1v) is 7.37. The Balaban J connectivity index is 2.61. The Hall–Kier alpha value is -1.33. The molecular weight excluding hydrogens is 343 g/mol. The summed E-state index contributed by atoms with van der Waals surface area (Å²) in [6, 6.07) is 5.91. The van der Waals surface area contributed by atoms with E-state index in [4.69, 9.17) is 0 Å². The number of hydrogen-bond donors (Lipinski definition) is 1. The standard InChI is InChI=1S/C16H15BrF3N/c1-3-21-16(12-8-11(18)5-4-9(12)2)15-13(19)6-10(17)7-14(15)20/h4-8,16,21H,3H2,1-2H3. The fraction of sp³-hybridized carbons (Fsp3) is 0.250. The van der Waals surface area contributed by atoms with Crippen molar-refractivity contribution >= 4 is 15.9 Å². The van der Waals surface area contributed by atoms with Gasteiger partial charge in [-0.15, -0.1) is 0 Å². The largest absolute Gasteiger partial charge is 0.306 e. The summed E-state index contributed by atoms with van der Waals surface area (Å²) in [5, 5.41) is 3.02. The lowest BCUT2D eigenvalue weighted by Crippen LogP contribution is -2.25. The molecule has 0 aliphatic rings. The molecule has 112 valence electrons. The molecule has 0 aliphatic heterocycles. The van der Waals surface area contributed by atoms with E-state index in [0.717, 1.165) is 5.56 Å². The molecule has 0 radical (unpaired) electrons. The van der Waals surface area contributed by atoms with Crippen LogP contribution >= 0.6 is 15.9 Å². The molecule has 1 N–H and O–H groups in total. The van der Waals surface area contributed by atoms with Crippen molar-refractivity contribution in [1.82, 2.24) is 5.32 Å². The minimum atomic E-state index is -0.737. The third kappa shape index (κ3) is 3.47. The SMILES string of the molecule is CCNC(c1cc(F)ccc1C)c1c(F)cc(Br)cc1F. The van der Waals surface area contributed by atoms with Crippen LogP contribution in [0.3, 0.4) is 0 Å². The maximum Gasteiger partial charge on any atom is 0.132 e. The van der Waals surface area contributed by atoms with Gasteiger partial charge in [-0.3, -0.25) is 0 Å². The second-order valence-electron chi connectivity index (χ2n) is 4.77. The van der Waals surface area contributed by atoms with Gasteiger partial charge in [-0.1, -0.05) is 28.9 Å². The number of aryl methyl sites for hydroxylation is 1. The van der Waals surface area contributed by atoms with Crippen LogP contribution in [0.5, 0.6) is 0 Å². The van der Waals surface area contributed by atoms with Crippen LogP contribution in [0.1, 0.15) is 29.7 Å². The summed E-state index contributed by atoms with van der Waals surface area (Å²) in [4.78, 5) is 0. The molecule has 2 rings (SSSR count). The van der Waals surface area contributed by atoms with Crippen LogP contribution in [-0.2, 0) is 0 Å². The summed E-state index contributed by atoms with van der Waals surface area (Å²) in [6.45, 7) is 4.11. The molecule has 0 saturated heterocycles. The summed E-state index contributed by atoms with van der Waals surface area (Å²) >= 11 is 3.06. The predicted molar refractivity (Wildman–Crippen MR) is 80.7 cm³/mol. The summed E-state index contributed by atoms with van der Waals surface area (Å²) < 4.78 is 42.2. The van der Waals surface area contributed by atoms with Crippen molar-refractivity contribution < 1.29 is 13.2 Å². The Morgan fingerprint density at radius 1 is 1.10 bits per heavy atom. The average molecular weight is 358 g/mol. The molecular formula is C16H15BrF3N. The van der Waals surface area contributed by atoms with Crippen molar-refractivity contribution in [1.29, 1.82) is 0 Å². The van der Waals surface area contributed by atoms with Gasteiger partial charge >= 0.3 is 0 Å². The van der Waals surface area contributed by atoms with E-state index in [1.807, 2.05) is 6.92 Å². The highest BCUT2D eigenvalue weighted by Gasteiger charge is 2.23. The molecule has 21 heavy (non-hydrogen) atoms. The van der Waals surface area contributed by atoms with Gasteiger partial charge in [0.1, 0.15) is 17.5 Å². The smallest absolute Gasteiger partial charge is 0.132 e. The minimum absolute atomic E-state index is 0.103. The Kier molecular flexibility index (Phi) is 5.06. The van der Waals surface area contributed by atoms with E-state index in [0.29, 0.717) is 16.6 Å². The molecule has 1 unspecified atom stereocenters. The summed E-state index contributed by atoms with van der Waals surface area (Å²) in [5.41, 5.74) is 1.19. The molecule has 1 atom stereocenters. The van der Waals surface area contributed by atoms with Crippen molar-refractivity contribution in [3.8, 4) is 0 Å². The van der Waals surface area contributed by atoms with Crippen LogP contribution in [0.4, 0.5) is 13.2 Å². The lowest BCUT2D eigenvalue weighted by molar-refractivity contribution is 0.506. The Labute approximate surface area is 130 Å². The molecule has 1 nitrogen and oxygen atoms in total. The molecule has 5 heteroatoms. The van der Waals surface area contributed by atoms with E-state index in [-0.39, 0.29) is 5.56 Å². The maximum atomic E-state index is 14.2. The first kappa shape index (κ1) is 16.0. The first-order chi connectivity index (χ1) is 9.93. The Bertz CT molecular complexity index is 635. The fourth-order valence-corrected chi connectivity index (χ4v) is 2.73. The molecule has 2 aromatic carbocycles. The van der Waals surface area contributed by atoms with Crippen LogP contribution in [0, 0.1) is 24.4 Å². The zero-order valence-corrected chi connectivity index (χ0v) is 13.3. The molecule has 0 aromatic heterocycles. The third-order valence-corrected chi connectivity index (χ3v) is 3.75. The molecule has 0 heterocycles. The molecule has 0 amide bonds. The van der Waals surface area contributed by atoms with Gasteiger partial charge in [-0.25, -0.2) is 13.2 Å². The second kappa shape index (κ2) is 6.62. The van der Waals surface area contributed by atoms with Gasteiger partial charge in [0.05, 0.1) is 6.04 Å². The minimum Gasteiger partial charge on any atom is -0.306 e. The average Bonchev–Trinajstić information content (AvgIpc) is 2.39. The van der Waals surface area contributed by atoms with E-state index in [9.17, 15) is 13.2 Å². The number of hydrogen-bond acceptors (Lipinski definition) is 1. The molecule has 0 bridgehead atoms. The predicted octanol–water partition coefficient (Wildman–Crippen LogP) is 4.87. The highest BCUT2D eigenvalue weighted by Crippen LogP contribution is 2.31. The van der Waals surface area contributed by atoms with Gasteiger partial charge in [-0.05, 0) is 48.9 Å². The molecule has 0 fully saturated rings. The Morgan fingerprint density at radius 3 is 2.29 bits per heavy atom. The van der Waals surface area contributed by atoms with E-state index < -0.39 is 23.5 Å². The van der Waals surface area contributed by atoms with E-state index >= 15 is 0 Å². The lowest BCUT2D eigenvalue weighted by atomic mass is 9.94. The van der Waals surface area contributed by atoms with Gasteiger partial charge in [0, 0.05) is 10.0 Å².